The van der Waals surface area contributed by atoms with Crippen molar-refractivity contribution >= 4 is 23.5 Å². The second-order valence-corrected chi connectivity index (χ2v) is 5.04. The lowest BCUT2D eigenvalue weighted by atomic mass is 10.1. The van der Waals surface area contributed by atoms with Gasteiger partial charge in [0.15, 0.2) is 6.61 Å². The number of nitrogens with one attached hydrogen (secondary N) is 1. The molecular formula is C13H14ClNO4. The van der Waals surface area contributed by atoms with Crippen LogP contribution in [-0.2, 0) is 9.59 Å². The van der Waals surface area contributed by atoms with Crippen LogP contribution in [0.4, 0.5) is 0 Å². The summed E-state index contributed by atoms with van der Waals surface area (Å²) in [6, 6.07) is 6.73. The van der Waals surface area contributed by atoms with E-state index in [4.69, 9.17) is 21.4 Å². The van der Waals surface area contributed by atoms with Gasteiger partial charge in [-0.3, -0.25) is 9.59 Å². The summed E-state index contributed by atoms with van der Waals surface area (Å²) in [5.41, 5.74) is -0.758. The van der Waals surface area contributed by atoms with Crippen LogP contribution in [-0.4, -0.2) is 30.1 Å². The molecule has 1 aromatic rings. The number of hydrogen-bond acceptors (Lipinski definition) is 3. The Morgan fingerprint density at radius 2 is 2.16 bits per heavy atom. The highest BCUT2D eigenvalue weighted by Crippen LogP contribution is 2.45. The molecule has 1 aromatic carbocycles. The number of carbonyl (C=O) groups excluding carboxylic acids is 1. The van der Waals surface area contributed by atoms with Crippen LogP contribution in [0.3, 0.4) is 0 Å². The lowest BCUT2D eigenvalue weighted by Crippen LogP contribution is -2.36. The molecule has 0 unspecified atom stereocenters. The molecule has 19 heavy (non-hydrogen) atoms. The maximum Gasteiger partial charge on any atom is 0.311 e. The van der Waals surface area contributed by atoms with Crippen molar-refractivity contribution < 1.29 is 19.4 Å². The van der Waals surface area contributed by atoms with E-state index in [2.05, 4.69) is 5.32 Å². The molecule has 0 aliphatic heterocycles. The summed E-state index contributed by atoms with van der Waals surface area (Å²) >= 11 is 5.78. The maximum absolute atomic E-state index is 11.5. The number of ether oxygens (including phenoxy) is 1. The molecule has 6 heteroatoms. The molecule has 0 aromatic heterocycles. The summed E-state index contributed by atoms with van der Waals surface area (Å²) in [6.45, 7) is -0.00386. The zero-order valence-electron chi connectivity index (χ0n) is 10.2. The minimum atomic E-state index is -0.858. The van der Waals surface area contributed by atoms with Crippen LogP contribution in [0.25, 0.3) is 0 Å². The van der Waals surface area contributed by atoms with Crippen molar-refractivity contribution in [2.45, 2.75) is 12.8 Å². The minimum absolute atomic E-state index is 0.153. The number of carbonyl (C=O) groups is 2. The van der Waals surface area contributed by atoms with E-state index >= 15 is 0 Å². The van der Waals surface area contributed by atoms with Crippen LogP contribution < -0.4 is 10.1 Å². The first-order chi connectivity index (χ1) is 9.02. The van der Waals surface area contributed by atoms with Gasteiger partial charge in [0.05, 0.1) is 5.41 Å². The van der Waals surface area contributed by atoms with Gasteiger partial charge in [0, 0.05) is 11.6 Å². The van der Waals surface area contributed by atoms with Crippen molar-refractivity contribution in [1.82, 2.24) is 5.32 Å². The molecule has 5 nitrogen and oxygen atoms in total. The third-order valence-electron chi connectivity index (χ3n) is 3.10. The van der Waals surface area contributed by atoms with Gasteiger partial charge in [-0.25, -0.2) is 0 Å². The van der Waals surface area contributed by atoms with Crippen molar-refractivity contribution in [2.75, 3.05) is 13.2 Å². The zero-order valence-corrected chi connectivity index (χ0v) is 10.9. The molecule has 0 heterocycles. The van der Waals surface area contributed by atoms with E-state index in [1.165, 1.54) is 0 Å². The van der Waals surface area contributed by atoms with Crippen LogP contribution in [0, 0.1) is 5.41 Å². The predicted octanol–water partition coefficient (Wildman–Crippen LogP) is 1.70. The molecule has 0 radical (unpaired) electrons. The Morgan fingerprint density at radius 3 is 2.74 bits per heavy atom. The van der Waals surface area contributed by atoms with Gasteiger partial charge in [0.2, 0.25) is 0 Å². The summed E-state index contributed by atoms with van der Waals surface area (Å²) in [7, 11) is 0. The number of benzene rings is 1. The van der Waals surface area contributed by atoms with Gasteiger partial charge < -0.3 is 15.2 Å². The first-order valence-corrected chi connectivity index (χ1v) is 6.28. The molecule has 0 saturated heterocycles. The van der Waals surface area contributed by atoms with E-state index in [9.17, 15) is 9.59 Å². The molecule has 1 saturated carbocycles. The fourth-order valence-corrected chi connectivity index (χ4v) is 1.82. The SMILES string of the molecule is O=C(COc1cccc(Cl)c1)NCC1(C(=O)O)CC1. The standard InChI is InChI=1S/C13H14ClNO4/c14-9-2-1-3-10(6-9)19-7-11(16)15-8-13(4-5-13)12(17)18/h1-3,6H,4-5,7-8H2,(H,15,16)(H,17,18). The zero-order chi connectivity index (χ0) is 13.9. The maximum atomic E-state index is 11.5. The number of carboxylic acid groups (broad SMARTS) is 1. The molecule has 102 valence electrons. The Hall–Kier alpha value is -1.75. The monoisotopic (exact) mass is 283 g/mol. The van der Waals surface area contributed by atoms with Crippen LogP contribution in [0.5, 0.6) is 5.75 Å². The molecular weight excluding hydrogens is 270 g/mol. The van der Waals surface area contributed by atoms with Crippen LogP contribution in [0.1, 0.15) is 12.8 Å². The molecule has 0 spiro atoms. The van der Waals surface area contributed by atoms with E-state index in [1.54, 1.807) is 24.3 Å². The topological polar surface area (TPSA) is 75.6 Å². The Bertz CT molecular complexity index is 499. The molecule has 2 N–H and O–H groups in total. The molecule has 1 amide bonds. The van der Waals surface area contributed by atoms with Crippen molar-refractivity contribution in [1.29, 1.82) is 0 Å². The van der Waals surface area contributed by atoms with Gasteiger partial charge in [-0.15, -0.1) is 0 Å². The Labute approximate surface area is 115 Å². The van der Waals surface area contributed by atoms with Crippen LogP contribution in [0.15, 0.2) is 24.3 Å². The first kappa shape index (κ1) is 13.7. The number of aliphatic carboxylic acids is 1. The van der Waals surface area contributed by atoms with Gasteiger partial charge in [-0.05, 0) is 31.0 Å². The molecule has 0 bridgehead atoms. The number of hydrogen-bond donors (Lipinski definition) is 2. The van der Waals surface area contributed by atoms with E-state index < -0.39 is 11.4 Å². The van der Waals surface area contributed by atoms with Gasteiger partial charge in [0.25, 0.3) is 5.91 Å². The second kappa shape index (κ2) is 5.48. The van der Waals surface area contributed by atoms with Crippen molar-refractivity contribution in [2.24, 2.45) is 5.41 Å². The summed E-state index contributed by atoms with van der Waals surface area (Å²) in [4.78, 5) is 22.5. The van der Waals surface area contributed by atoms with Gasteiger partial charge in [-0.1, -0.05) is 17.7 Å². The molecule has 1 fully saturated rings. The summed E-state index contributed by atoms with van der Waals surface area (Å²) in [5.74, 6) is -0.696. The summed E-state index contributed by atoms with van der Waals surface area (Å²) in [5, 5.41) is 12.1. The smallest absolute Gasteiger partial charge is 0.311 e. The van der Waals surface area contributed by atoms with Gasteiger partial charge in [0.1, 0.15) is 5.75 Å². The highest BCUT2D eigenvalue weighted by atomic mass is 35.5. The predicted molar refractivity (Wildman–Crippen MR) is 69.3 cm³/mol. The highest BCUT2D eigenvalue weighted by molar-refractivity contribution is 6.30. The first-order valence-electron chi connectivity index (χ1n) is 5.90. The third kappa shape index (κ3) is 3.61. The summed E-state index contributed by atoms with van der Waals surface area (Å²) in [6.07, 6.45) is 1.22. The summed E-state index contributed by atoms with van der Waals surface area (Å²) < 4.78 is 5.25. The van der Waals surface area contributed by atoms with E-state index in [1.807, 2.05) is 0 Å². The molecule has 1 aliphatic carbocycles. The fraction of sp³-hybridized carbons (Fsp3) is 0.385. The average Bonchev–Trinajstić information content (AvgIpc) is 3.15. The van der Waals surface area contributed by atoms with Crippen molar-refractivity contribution in [3.8, 4) is 5.75 Å². The fourth-order valence-electron chi connectivity index (χ4n) is 1.64. The Morgan fingerprint density at radius 1 is 1.42 bits per heavy atom. The molecule has 1 aliphatic rings. The Balaban J connectivity index is 1.75. The number of rotatable bonds is 6. The largest absolute Gasteiger partial charge is 0.484 e. The number of halogens is 1. The minimum Gasteiger partial charge on any atom is -0.484 e. The quantitative estimate of drug-likeness (QED) is 0.833. The number of carboxylic acids is 1. The van der Waals surface area contributed by atoms with Gasteiger partial charge >= 0.3 is 5.97 Å². The lowest BCUT2D eigenvalue weighted by Gasteiger charge is -2.11. The van der Waals surface area contributed by atoms with Crippen LogP contribution in [0.2, 0.25) is 5.02 Å². The normalized spacial score (nSPS) is 15.6. The molecule has 0 atom stereocenters. The van der Waals surface area contributed by atoms with Crippen molar-refractivity contribution in [3.05, 3.63) is 29.3 Å². The molecule has 2 rings (SSSR count). The average molecular weight is 284 g/mol. The Kier molecular flexibility index (Phi) is 3.95. The second-order valence-electron chi connectivity index (χ2n) is 4.61. The van der Waals surface area contributed by atoms with E-state index in [0.717, 1.165) is 0 Å². The third-order valence-corrected chi connectivity index (χ3v) is 3.33. The lowest BCUT2D eigenvalue weighted by molar-refractivity contribution is -0.143. The van der Waals surface area contributed by atoms with Gasteiger partial charge in [-0.2, -0.15) is 0 Å². The number of amides is 1. The van der Waals surface area contributed by atoms with E-state index in [0.29, 0.717) is 23.6 Å². The van der Waals surface area contributed by atoms with E-state index in [-0.39, 0.29) is 19.1 Å². The highest BCUT2D eigenvalue weighted by Gasteiger charge is 2.50. The van der Waals surface area contributed by atoms with Crippen LogP contribution >= 0.6 is 11.6 Å². The van der Waals surface area contributed by atoms with Crippen molar-refractivity contribution in [3.63, 3.8) is 0 Å².